The number of ether oxygens (including phenoxy) is 8. The van der Waals surface area contributed by atoms with E-state index in [4.69, 9.17) is 37.9 Å². The standard InChI is InChI=1S/C44H66O14/c1-23(39(51-6)52-7)44(50)34(20-31-29-14-13-27-19-28(46)15-17-42(27,4)30(29)16-18-43(31,44)5)57-41-38(56-25(3)45)36(33(48)22-54-41)58-40-37(35(49)32(47)21-53-40)55-24(2)26-11-9-8-10-12-26/h8-13,23-24,28-41,46-50H,14-22H2,1-7H3/t23-,24?,28+,29?,30?,31?,32?,33?,34-,35?,36?,37?,38?,40?,41?,42+,43+,44-/m1/s1. The quantitative estimate of drug-likeness (QED) is 0.117. The van der Waals surface area contributed by atoms with Crippen molar-refractivity contribution in [3.8, 4) is 0 Å². The van der Waals surface area contributed by atoms with Gasteiger partial charge in [-0.1, -0.05) is 62.8 Å². The monoisotopic (exact) mass is 818 g/mol. The molecule has 5 fully saturated rings. The zero-order valence-electron chi connectivity index (χ0n) is 35.0. The lowest BCUT2D eigenvalue weighted by atomic mass is 9.46. The average Bonchev–Trinajstić information content (AvgIpc) is 3.43. The maximum atomic E-state index is 13.4. The molecule has 3 saturated carbocycles. The summed E-state index contributed by atoms with van der Waals surface area (Å²) in [7, 11) is 3.10. The first-order chi connectivity index (χ1) is 27.6. The van der Waals surface area contributed by atoms with E-state index in [2.05, 4.69) is 19.9 Å². The summed E-state index contributed by atoms with van der Waals surface area (Å²) in [5, 5.41) is 57.1. The fourth-order valence-corrected chi connectivity index (χ4v) is 12.1. The number of hydrogen-bond donors (Lipinski definition) is 5. The minimum absolute atomic E-state index is 0.0287. The van der Waals surface area contributed by atoms with Gasteiger partial charge in [-0.05, 0) is 80.6 Å². The molecule has 58 heavy (non-hydrogen) atoms. The van der Waals surface area contributed by atoms with E-state index >= 15 is 0 Å². The molecule has 5 N–H and O–H groups in total. The van der Waals surface area contributed by atoms with Crippen LogP contribution in [0, 0.1) is 34.5 Å². The number of hydrogen-bond acceptors (Lipinski definition) is 14. The van der Waals surface area contributed by atoms with Gasteiger partial charge in [0, 0.05) is 32.5 Å². The van der Waals surface area contributed by atoms with E-state index in [-0.39, 0.29) is 36.6 Å². The molecule has 18 atom stereocenters. The van der Waals surface area contributed by atoms with Crippen LogP contribution in [0.5, 0.6) is 0 Å². The fraction of sp³-hybridized carbons (Fsp3) is 0.795. The van der Waals surface area contributed by atoms with Gasteiger partial charge >= 0.3 is 5.97 Å². The van der Waals surface area contributed by atoms with Crippen molar-refractivity contribution in [2.75, 3.05) is 27.4 Å². The molecule has 2 aliphatic heterocycles. The number of carbonyl (C=O) groups excluding carboxylic acids is 1. The first-order valence-corrected chi connectivity index (χ1v) is 21.2. The molecule has 0 radical (unpaired) electrons. The number of benzene rings is 1. The SMILES string of the molecule is COC(OC)[C@@H](C)[C@@]1(O)[C@H](OC2OCC(O)C(OC3OCC(O)C(O)C3OC(C)c3ccccc3)C2OC(C)=O)CC2C3CC=C4C[C@@H](O)CC[C@]4(C)C3CC[C@@]21C. The van der Waals surface area contributed by atoms with Gasteiger partial charge in [-0.2, -0.15) is 0 Å². The summed E-state index contributed by atoms with van der Waals surface area (Å²) in [4.78, 5) is 12.8. The Morgan fingerprint density at radius 2 is 1.53 bits per heavy atom. The molecule has 12 unspecified atom stereocenters. The molecule has 7 rings (SSSR count). The second-order valence-corrected chi connectivity index (χ2v) is 18.3. The maximum absolute atomic E-state index is 13.4. The van der Waals surface area contributed by atoms with Crippen molar-refractivity contribution < 1.29 is 68.2 Å². The number of esters is 1. The van der Waals surface area contributed by atoms with Crippen molar-refractivity contribution in [3.05, 3.63) is 47.5 Å². The van der Waals surface area contributed by atoms with Gasteiger partial charge in [0.1, 0.15) is 36.1 Å². The minimum atomic E-state index is -1.51. The van der Waals surface area contributed by atoms with E-state index in [1.54, 1.807) is 21.1 Å². The van der Waals surface area contributed by atoms with Crippen LogP contribution in [-0.4, -0.2) is 132 Å². The molecule has 326 valence electrons. The fourth-order valence-electron chi connectivity index (χ4n) is 12.1. The Bertz CT molecular complexity index is 1590. The molecule has 0 amide bonds. The molecule has 14 nitrogen and oxygen atoms in total. The van der Waals surface area contributed by atoms with Gasteiger partial charge in [0.2, 0.25) is 0 Å². The lowest BCUT2D eigenvalue weighted by Crippen LogP contribution is -2.64. The molecule has 2 saturated heterocycles. The summed E-state index contributed by atoms with van der Waals surface area (Å²) < 4.78 is 49.1. The van der Waals surface area contributed by atoms with Gasteiger partial charge in [0.05, 0.1) is 31.5 Å². The van der Waals surface area contributed by atoms with Crippen LogP contribution in [0.3, 0.4) is 0 Å². The molecule has 1 aromatic rings. The summed E-state index contributed by atoms with van der Waals surface area (Å²) >= 11 is 0. The Balaban J connectivity index is 1.19. The van der Waals surface area contributed by atoms with E-state index < -0.39 is 90.6 Å². The van der Waals surface area contributed by atoms with Crippen LogP contribution in [0.15, 0.2) is 42.0 Å². The van der Waals surface area contributed by atoms with Crippen LogP contribution in [0.2, 0.25) is 0 Å². The van der Waals surface area contributed by atoms with E-state index in [1.807, 2.05) is 37.3 Å². The zero-order valence-corrected chi connectivity index (χ0v) is 35.0. The van der Waals surface area contributed by atoms with Crippen molar-refractivity contribution in [3.63, 3.8) is 0 Å². The van der Waals surface area contributed by atoms with Gasteiger partial charge in [-0.25, -0.2) is 0 Å². The van der Waals surface area contributed by atoms with Gasteiger partial charge in [0.25, 0.3) is 0 Å². The third kappa shape index (κ3) is 7.72. The van der Waals surface area contributed by atoms with Crippen molar-refractivity contribution in [2.24, 2.45) is 34.5 Å². The number of aliphatic hydroxyl groups excluding tert-OH is 4. The highest BCUT2D eigenvalue weighted by Crippen LogP contribution is 2.69. The minimum Gasteiger partial charge on any atom is -0.454 e. The van der Waals surface area contributed by atoms with Crippen LogP contribution in [0.25, 0.3) is 0 Å². The second kappa shape index (κ2) is 17.4. The Morgan fingerprint density at radius 3 is 2.21 bits per heavy atom. The highest BCUT2D eigenvalue weighted by Gasteiger charge is 2.71. The van der Waals surface area contributed by atoms with Gasteiger partial charge in [-0.3, -0.25) is 4.79 Å². The summed E-state index contributed by atoms with van der Waals surface area (Å²) in [5.41, 5.74) is -0.0163. The predicted molar refractivity (Wildman–Crippen MR) is 208 cm³/mol. The highest BCUT2D eigenvalue weighted by atomic mass is 16.7. The van der Waals surface area contributed by atoms with Gasteiger partial charge in [-0.15, -0.1) is 0 Å². The number of fused-ring (bicyclic) bond motifs is 5. The number of aliphatic hydroxyl groups is 5. The van der Waals surface area contributed by atoms with Crippen LogP contribution in [0.4, 0.5) is 0 Å². The normalized spacial score (nSPS) is 45.1. The summed E-state index contributed by atoms with van der Waals surface area (Å²) in [5.74, 6) is -0.609. The lowest BCUT2D eigenvalue weighted by Gasteiger charge is -2.60. The van der Waals surface area contributed by atoms with Crippen molar-refractivity contribution in [2.45, 2.75) is 159 Å². The highest BCUT2D eigenvalue weighted by molar-refractivity contribution is 5.66. The topological polar surface area (TPSA) is 192 Å². The smallest absolute Gasteiger partial charge is 0.303 e. The number of carbonyl (C=O) groups is 1. The Hall–Kier alpha value is -2.05. The Labute approximate surface area is 342 Å². The van der Waals surface area contributed by atoms with Crippen molar-refractivity contribution in [1.29, 1.82) is 0 Å². The zero-order chi connectivity index (χ0) is 41.7. The molecule has 0 bridgehead atoms. The largest absolute Gasteiger partial charge is 0.454 e. The third-order valence-electron chi connectivity index (χ3n) is 15.3. The van der Waals surface area contributed by atoms with E-state index in [0.717, 1.165) is 37.7 Å². The number of rotatable bonds is 12. The second-order valence-electron chi connectivity index (χ2n) is 18.3. The molecule has 14 heteroatoms. The van der Waals surface area contributed by atoms with Gasteiger partial charge < -0.3 is 63.4 Å². The molecule has 0 spiro atoms. The van der Waals surface area contributed by atoms with Crippen LogP contribution < -0.4 is 0 Å². The molecule has 2 heterocycles. The third-order valence-corrected chi connectivity index (χ3v) is 15.3. The van der Waals surface area contributed by atoms with Crippen LogP contribution in [0.1, 0.15) is 91.2 Å². The number of methoxy groups -OCH3 is 2. The van der Waals surface area contributed by atoms with Crippen LogP contribution >= 0.6 is 0 Å². The van der Waals surface area contributed by atoms with E-state index in [1.165, 1.54) is 12.5 Å². The van der Waals surface area contributed by atoms with E-state index in [9.17, 15) is 30.3 Å². The Morgan fingerprint density at radius 1 is 0.862 bits per heavy atom. The first-order valence-electron chi connectivity index (χ1n) is 21.2. The molecular weight excluding hydrogens is 752 g/mol. The molecule has 4 aliphatic carbocycles. The summed E-state index contributed by atoms with van der Waals surface area (Å²) in [6.45, 7) is 8.93. The molecule has 1 aromatic carbocycles. The first kappa shape index (κ1) is 44.0. The van der Waals surface area contributed by atoms with Crippen molar-refractivity contribution in [1.82, 2.24) is 0 Å². The Kier molecular flexibility index (Phi) is 13.2. The van der Waals surface area contributed by atoms with Gasteiger partial charge in [0.15, 0.2) is 25.0 Å². The maximum Gasteiger partial charge on any atom is 0.303 e. The van der Waals surface area contributed by atoms with E-state index in [0.29, 0.717) is 18.8 Å². The molecule has 0 aromatic heterocycles. The van der Waals surface area contributed by atoms with Crippen molar-refractivity contribution >= 4 is 5.97 Å². The summed E-state index contributed by atoms with van der Waals surface area (Å²) in [6.07, 6.45) is -5.17. The lowest BCUT2D eigenvalue weighted by molar-refractivity contribution is -0.353. The molecular formula is C44H66O14. The summed E-state index contributed by atoms with van der Waals surface area (Å²) in [6, 6.07) is 9.36. The van der Waals surface area contributed by atoms with Crippen LogP contribution in [-0.2, 0) is 42.7 Å². The average molecular weight is 819 g/mol. The predicted octanol–water partition coefficient (Wildman–Crippen LogP) is 3.55. The molecule has 6 aliphatic rings. The number of allylic oxidation sites excluding steroid dienone is 1.